The number of nitrogens with zero attached hydrogens (tertiary/aromatic N) is 2. The number of imidazole rings is 1. The first-order chi connectivity index (χ1) is 9.49. The van der Waals surface area contributed by atoms with E-state index in [4.69, 9.17) is 4.74 Å². The molecule has 0 unspecified atom stereocenters. The zero-order chi connectivity index (χ0) is 14.5. The average Bonchev–Trinajstić information content (AvgIpc) is 3.13. The van der Waals surface area contributed by atoms with Gasteiger partial charge in [0.15, 0.2) is 0 Å². The lowest BCUT2D eigenvalue weighted by molar-refractivity contribution is -0.144. The van der Waals surface area contributed by atoms with E-state index < -0.39 is 5.41 Å². The van der Waals surface area contributed by atoms with E-state index in [1.54, 1.807) is 6.07 Å². The molecule has 20 heavy (non-hydrogen) atoms. The monoisotopic (exact) mass is 276 g/mol. The van der Waals surface area contributed by atoms with Crippen molar-refractivity contribution in [1.29, 1.82) is 0 Å². The third-order valence-electron chi connectivity index (χ3n) is 3.92. The quantitative estimate of drug-likeness (QED) is 0.810. The van der Waals surface area contributed by atoms with Crippen LogP contribution >= 0.6 is 0 Å². The van der Waals surface area contributed by atoms with Gasteiger partial charge >= 0.3 is 5.97 Å². The van der Waals surface area contributed by atoms with Gasteiger partial charge in [-0.15, -0.1) is 0 Å². The number of rotatable bonds is 3. The van der Waals surface area contributed by atoms with Gasteiger partial charge in [-0.3, -0.25) is 4.79 Å². The van der Waals surface area contributed by atoms with Crippen LogP contribution in [0.4, 0.5) is 4.39 Å². The van der Waals surface area contributed by atoms with Crippen LogP contribution in [0.2, 0.25) is 0 Å². The molecule has 1 aliphatic carbocycles. The van der Waals surface area contributed by atoms with Crippen LogP contribution in [-0.2, 0) is 14.9 Å². The predicted molar refractivity (Wildman–Crippen MR) is 73.0 cm³/mol. The lowest BCUT2D eigenvalue weighted by Crippen LogP contribution is -2.26. The lowest BCUT2D eigenvalue weighted by atomic mass is 10.1. The third kappa shape index (κ3) is 1.72. The van der Waals surface area contributed by atoms with E-state index >= 15 is 0 Å². The highest BCUT2D eigenvalue weighted by atomic mass is 19.1. The van der Waals surface area contributed by atoms with Crippen molar-refractivity contribution in [3.05, 3.63) is 29.8 Å². The van der Waals surface area contributed by atoms with Crippen molar-refractivity contribution >= 4 is 17.0 Å². The summed E-state index contributed by atoms with van der Waals surface area (Å²) in [6, 6.07) is 4.69. The van der Waals surface area contributed by atoms with Gasteiger partial charge in [-0.25, -0.2) is 9.37 Å². The molecule has 0 radical (unpaired) electrons. The summed E-state index contributed by atoms with van der Waals surface area (Å²) in [5, 5.41) is 0. The second kappa shape index (κ2) is 4.30. The van der Waals surface area contributed by atoms with Gasteiger partial charge in [-0.1, -0.05) is 0 Å². The van der Waals surface area contributed by atoms with E-state index in [9.17, 15) is 9.18 Å². The van der Waals surface area contributed by atoms with Crippen LogP contribution in [0, 0.1) is 5.82 Å². The summed E-state index contributed by atoms with van der Waals surface area (Å²) < 4.78 is 20.3. The first kappa shape index (κ1) is 13.1. The first-order valence-corrected chi connectivity index (χ1v) is 6.76. The minimum absolute atomic E-state index is 0.141. The number of fused-ring (bicyclic) bond motifs is 1. The summed E-state index contributed by atoms with van der Waals surface area (Å²) in [5.74, 6) is 0.121. The number of carbonyl (C=O) groups is 1. The van der Waals surface area contributed by atoms with Crippen molar-refractivity contribution < 1.29 is 13.9 Å². The molecule has 0 amide bonds. The highest BCUT2D eigenvalue weighted by Crippen LogP contribution is 2.50. The topological polar surface area (TPSA) is 44.1 Å². The summed E-state index contributed by atoms with van der Waals surface area (Å²) in [7, 11) is 1.39. The number of halogens is 1. The standard InChI is InChI=1S/C15H17FN2O2/c1-9(2)18-12-5-4-10(16)8-11(12)17-13(18)15(6-7-15)14(19)20-3/h4-5,8-9H,6-7H2,1-3H3. The fourth-order valence-corrected chi connectivity index (χ4v) is 2.77. The minimum Gasteiger partial charge on any atom is -0.468 e. The summed E-state index contributed by atoms with van der Waals surface area (Å²) >= 11 is 0. The van der Waals surface area contributed by atoms with E-state index in [-0.39, 0.29) is 17.8 Å². The van der Waals surface area contributed by atoms with E-state index in [0.29, 0.717) is 11.3 Å². The Morgan fingerprint density at radius 1 is 1.45 bits per heavy atom. The van der Waals surface area contributed by atoms with Crippen molar-refractivity contribution in [3.8, 4) is 0 Å². The number of hydrogen-bond donors (Lipinski definition) is 0. The smallest absolute Gasteiger partial charge is 0.319 e. The fraction of sp³-hybridized carbons (Fsp3) is 0.467. The number of aromatic nitrogens is 2. The van der Waals surface area contributed by atoms with Crippen molar-refractivity contribution in [2.24, 2.45) is 0 Å². The van der Waals surface area contributed by atoms with Crippen molar-refractivity contribution in [3.63, 3.8) is 0 Å². The van der Waals surface area contributed by atoms with E-state index in [2.05, 4.69) is 4.98 Å². The first-order valence-electron chi connectivity index (χ1n) is 6.76. The highest BCUT2D eigenvalue weighted by molar-refractivity contribution is 5.87. The summed E-state index contributed by atoms with van der Waals surface area (Å²) in [5.41, 5.74) is 0.796. The Bertz CT molecular complexity index is 686. The van der Waals surface area contributed by atoms with E-state index in [0.717, 1.165) is 18.4 Å². The normalized spacial score (nSPS) is 16.6. The van der Waals surface area contributed by atoms with Gasteiger partial charge in [-0.2, -0.15) is 0 Å². The predicted octanol–water partition coefficient (Wildman–Crippen LogP) is 2.96. The summed E-state index contributed by atoms with van der Waals surface area (Å²) in [6.45, 7) is 4.06. The molecule has 0 aliphatic heterocycles. The summed E-state index contributed by atoms with van der Waals surface area (Å²) in [6.07, 6.45) is 1.47. The molecule has 0 spiro atoms. The Labute approximate surface area is 116 Å². The van der Waals surface area contributed by atoms with Gasteiger partial charge in [0.25, 0.3) is 0 Å². The summed E-state index contributed by atoms with van der Waals surface area (Å²) in [4.78, 5) is 16.6. The zero-order valence-electron chi connectivity index (χ0n) is 11.8. The molecule has 1 aromatic heterocycles. The minimum atomic E-state index is -0.644. The zero-order valence-corrected chi connectivity index (χ0v) is 11.8. The largest absolute Gasteiger partial charge is 0.468 e. The maximum atomic E-state index is 13.4. The van der Waals surface area contributed by atoms with Crippen LogP contribution < -0.4 is 0 Å². The van der Waals surface area contributed by atoms with Crippen molar-refractivity contribution in [1.82, 2.24) is 9.55 Å². The van der Waals surface area contributed by atoms with E-state index in [1.807, 2.05) is 18.4 Å². The molecule has 1 heterocycles. The number of hydrogen-bond acceptors (Lipinski definition) is 3. The average molecular weight is 276 g/mol. The maximum absolute atomic E-state index is 13.4. The van der Waals surface area contributed by atoms with Gasteiger partial charge in [0.2, 0.25) is 0 Å². The second-order valence-electron chi connectivity index (χ2n) is 5.61. The van der Waals surface area contributed by atoms with Gasteiger partial charge in [0.1, 0.15) is 17.1 Å². The van der Waals surface area contributed by atoms with Crippen LogP contribution in [0.5, 0.6) is 0 Å². The van der Waals surface area contributed by atoms with Gasteiger partial charge in [0.05, 0.1) is 18.1 Å². The van der Waals surface area contributed by atoms with Gasteiger partial charge < -0.3 is 9.30 Å². The molecule has 5 heteroatoms. The molecule has 1 aromatic carbocycles. The van der Waals surface area contributed by atoms with Crippen LogP contribution in [0.15, 0.2) is 18.2 Å². The van der Waals surface area contributed by atoms with E-state index in [1.165, 1.54) is 19.2 Å². The van der Waals surface area contributed by atoms with Crippen LogP contribution in [0.3, 0.4) is 0 Å². The van der Waals surface area contributed by atoms with Crippen LogP contribution in [0.25, 0.3) is 11.0 Å². The fourth-order valence-electron chi connectivity index (χ4n) is 2.77. The van der Waals surface area contributed by atoms with Gasteiger partial charge in [0, 0.05) is 12.1 Å². The van der Waals surface area contributed by atoms with Gasteiger partial charge in [-0.05, 0) is 38.8 Å². The van der Waals surface area contributed by atoms with Crippen molar-refractivity contribution in [2.45, 2.75) is 38.1 Å². The highest BCUT2D eigenvalue weighted by Gasteiger charge is 2.56. The maximum Gasteiger partial charge on any atom is 0.319 e. The number of ether oxygens (including phenoxy) is 1. The molecular weight excluding hydrogens is 259 g/mol. The molecule has 4 nitrogen and oxygen atoms in total. The Morgan fingerprint density at radius 2 is 2.15 bits per heavy atom. The number of esters is 1. The molecule has 1 aliphatic rings. The number of carbonyl (C=O) groups excluding carboxylic acids is 1. The molecular formula is C15H17FN2O2. The SMILES string of the molecule is COC(=O)C1(c2nc3cc(F)ccc3n2C(C)C)CC1. The number of methoxy groups -OCH3 is 1. The third-order valence-corrected chi connectivity index (χ3v) is 3.92. The molecule has 2 aromatic rings. The van der Waals surface area contributed by atoms with Crippen LogP contribution in [0.1, 0.15) is 38.6 Å². The molecule has 0 saturated heterocycles. The Hall–Kier alpha value is -1.91. The van der Waals surface area contributed by atoms with Crippen molar-refractivity contribution in [2.75, 3.05) is 7.11 Å². The molecule has 1 fully saturated rings. The number of benzene rings is 1. The Balaban J connectivity index is 2.25. The molecule has 0 N–H and O–H groups in total. The van der Waals surface area contributed by atoms with Crippen LogP contribution in [-0.4, -0.2) is 22.6 Å². The second-order valence-corrected chi connectivity index (χ2v) is 5.61. The molecule has 0 atom stereocenters. The molecule has 0 bridgehead atoms. The lowest BCUT2D eigenvalue weighted by Gasteiger charge is -2.18. The Morgan fingerprint density at radius 3 is 2.70 bits per heavy atom. The molecule has 106 valence electrons. The Kier molecular flexibility index (Phi) is 2.81. The molecule has 1 saturated carbocycles. The molecule has 3 rings (SSSR count).